The molecule has 9 nitrogen and oxygen atoms in total. The quantitative estimate of drug-likeness (QED) is 0.0976. The second kappa shape index (κ2) is 15.2. The molecule has 1 atom stereocenters. The molecule has 5 aromatic carbocycles. The molecule has 3 amide bonds. The highest BCUT2D eigenvalue weighted by molar-refractivity contribution is 8.00. The Morgan fingerprint density at radius 2 is 1.30 bits per heavy atom. The SMILES string of the molecule is NS(=O)(=O)c1ccc(NC(=O)C(Sc2cccc(NC(=O)/C(=C/c3ccccc3)NC(=O)c3ccccc3)c2)c2ccccc2)cc1. The minimum Gasteiger partial charge on any atom is -0.325 e. The number of hydrogen-bond donors (Lipinski definition) is 4. The first-order valence-electron chi connectivity index (χ1n) is 14.4. The summed E-state index contributed by atoms with van der Waals surface area (Å²) in [4.78, 5) is 40.7. The van der Waals surface area contributed by atoms with Crippen LogP contribution in [0.15, 0.2) is 155 Å². The molecule has 0 saturated heterocycles. The summed E-state index contributed by atoms with van der Waals surface area (Å²) >= 11 is 1.27. The van der Waals surface area contributed by atoms with Gasteiger partial charge in [-0.25, -0.2) is 13.6 Å². The van der Waals surface area contributed by atoms with Crippen LogP contribution in [0, 0.1) is 0 Å². The minimum atomic E-state index is -3.87. The van der Waals surface area contributed by atoms with Gasteiger partial charge in [0.15, 0.2) is 0 Å². The summed E-state index contributed by atoms with van der Waals surface area (Å²) in [5, 5.41) is 12.9. The van der Waals surface area contributed by atoms with Crippen LogP contribution in [-0.2, 0) is 19.6 Å². The Bertz CT molecular complexity index is 2000. The molecule has 0 aromatic heterocycles. The molecule has 1 unspecified atom stereocenters. The van der Waals surface area contributed by atoms with Gasteiger partial charge in [-0.05, 0) is 71.8 Å². The van der Waals surface area contributed by atoms with Crippen LogP contribution in [-0.4, -0.2) is 26.1 Å². The van der Waals surface area contributed by atoms with Crippen LogP contribution in [0.4, 0.5) is 11.4 Å². The van der Waals surface area contributed by atoms with Gasteiger partial charge in [0.25, 0.3) is 11.8 Å². The number of rotatable bonds is 11. The zero-order valence-electron chi connectivity index (χ0n) is 24.9. The Hall–Kier alpha value is -5.49. The van der Waals surface area contributed by atoms with Gasteiger partial charge in [-0.2, -0.15) is 0 Å². The lowest BCUT2D eigenvalue weighted by Crippen LogP contribution is -2.30. The van der Waals surface area contributed by atoms with Gasteiger partial charge in [0.1, 0.15) is 10.9 Å². The summed E-state index contributed by atoms with van der Waals surface area (Å²) < 4.78 is 23.2. The summed E-state index contributed by atoms with van der Waals surface area (Å²) in [7, 11) is -3.87. The van der Waals surface area contributed by atoms with E-state index < -0.39 is 27.1 Å². The van der Waals surface area contributed by atoms with Crippen LogP contribution in [0.2, 0.25) is 0 Å². The molecule has 47 heavy (non-hydrogen) atoms. The predicted octanol–water partition coefficient (Wildman–Crippen LogP) is 6.22. The van der Waals surface area contributed by atoms with Crippen LogP contribution < -0.4 is 21.1 Å². The third kappa shape index (κ3) is 9.27. The highest BCUT2D eigenvalue weighted by Gasteiger charge is 2.23. The Labute approximate surface area is 277 Å². The van der Waals surface area contributed by atoms with E-state index >= 15 is 0 Å². The summed E-state index contributed by atoms with van der Waals surface area (Å²) in [6.07, 6.45) is 1.60. The normalized spacial score (nSPS) is 12.1. The van der Waals surface area contributed by atoms with Crippen molar-refractivity contribution in [2.24, 2.45) is 5.14 Å². The number of anilines is 2. The lowest BCUT2D eigenvalue weighted by atomic mass is 10.1. The number of amides is 3. The zero-order valence-corrected chi connectivity index (χ0v) is 26.5. The van der Waals surface area contributed by atoms with Crippen molar-refractivity contribution in [1.82, 2.24) is 5.32 Å². The number of hydrogen-bond acceptors (Lipinski definition) is 6. The summed E-state index contributed by atoms with van der Waals surface area (Å²) in [6.45, 7) is 0. The van der Waals surface area contributed by atoms with E-state index in [9.17, 15) is 22.8 Å². The molecule has 0 bridgehead atoms. The fourth-order valence-electron chi connectivity index (χ4n) is 4.48. The second-order valence-electron chi connectivity index (χ2n) is 10.2. The van der Waals surface area contributed by atoms with Crippen LogP contribution in [0.25, 0.3) is 6.08 Å². The Balaban J connectivity index is 1.36. The van der Waals surface area contributed by atoms with E-state index in [1.54, 1.807) is 54.6 Å². The molecule has 0 heterocycles. The molecule has 236 valence electrons. The second-order valence-corrected chi connectivity index (χ2v) is 13.0. The Morgan fingerprint density at radius 3 is 1.94 bits per heavy atom. The van der Waals surface area contributed by atoms with Gasteiger partial charge >= 0.3 is 0 Å². The van der Waals surface area contributed by atoms with Crippen LogP contribution in [0.1, 0.15) is 26.7 Å². The molecule has 0 saturated carbocycles. The lowest BCUT2D eigenvalue weighted by Gasteiger charge is -2.18. The number of nitrogens with one attached hydrogen (secondary N) is 3. The van der Waals surface area contributed by atoms with E-state index in [-0.39, 0.29) is 16.5 Å². The molecule has 11 heteroatoms. The zero-order chi connectivity index (χ0) is 33.2. The maximum atomic E-state index is 13.6. The number of thioether (sulfide) groups is 1. The van der Waals surface area contributed by atoms with Crippen molar-refractivity contribution in [3.05, 3.63) is 162 Å². The first kappa shape index (κ1) is 32.9. The van der Waals surface area contributed by atoms with Gasteiger partial charge in [-0.3, -0.25) is 14.4 Å². The summed E-state index contributed by atoms with van der Waals surface area (Å²) in [5.41, 5.74) is 2.79. The molecule has 0 radical (unpaired) electrons. The van der Waals surface area contributed by atoms with E-state index in [0.29, 0.717) is 21.8 Å². The van der Waals surface area contributed by atoms with Gasteiger partial charge < -0.3 is 16.0 Å². The molecule has 0 aliphatic carbocycles. The molecule has 5 N–H and O–H groups in total. The molecule has 5 rings (SSSR count). The van der Waals surface area contributed by atoms with Crippen molar-refractivity contribution in [1.29, 1.82) is 0 Å². The topological polar surface area (TPSA) is 147 Å². The number of sulfonamides is 1. The molecule has 0 aliphatic heterocycles. The Morgan fingerprint density at radius 1 is 0.681 bits per heavy atom. The van der Waals surface area contributed by atoms with Gasteiger partial charge in [0, 0.05) is 21.8 Å². The smallest absolute Gasteiger partial charge is 0.272 e. The fourth-order valence-corrected chi connectivity index (χ4v) is 6.08. The van der Waals surface area contributed by atoms with E-state index in [0.717, 1.165) is 11.1 Å². The molecule has 0 aliphatic rings. The molecule has 5 aromatic rings. The summed E-state index contributed by atoms with van der Waals surface area (Å²) in [6, 6.07) is 39.6. The van der Waals surface area contributed by atoms with E-state index in [1.165, 1.54) is 36.0 Å². The molecule has 0 fully saturated rings. The number of benzene rings is 5. The molecular formula is C36H30N4O5S2. The average molecular weight is 663 g/mol. The highest BCUT2D eigenvalue weighted by Crippen LogP contribution is 2.37. The average Bonchev–Trinajstić information content (AvgIpc) is 3.08. The standard InChI is InChI=1S/C36H30N4O5S2/c37-47(44,45)31-21-19-28(20-22-31)38-36(43)33(26-13-6-2-7-14-26)46-30-18-10-17-29(24-30)39-35(42)32(23-25-11-4-1-5-12-25)40-34(41)27-15-8-3-9-16-27/h1-24,33H,(H,38,43)(H,39,42)(H,40,41)(H2,37,44,45)/b32-23-. The predicted molar refractivity (Wildman–Crippen MR) is 185 cm³/mol. The maximum absolute atomic E-state index is 13.6. The number of nitrogens with two attached hydrogens (primary N) is 1. The van der Waals surface area contributed by atoms with Crippen LogP contribution in [0.5, 0.6) is 0 Å². The van der Waals surface area contributed by atoms with Crippen molar-refractivity contribution in [3.8, 4) is 0 Å². The van der Waals surface area contributed by atoms with E-state index in [4.69, 9.17) is 5.14 Å². The van der Waals surface area contributed by atoms with Gasteiger partial charge in [0.05, 0.1) is 4.90 Å². The maximum Gasteiger partial charge on any atom is 0.272 e. The van der Waals surface area contributed by atoms with Crippen molar-refractivity contribution in [2.45, 2.75) is 15.0 Å². The van der Waals surface area contributed by atoms with Crippen molar-refractivity contribution >= 4 is 57.0 Å². The van der Waals surface area contributed by atoms with Gasteiger partial charge in [-0.15, -0.1) is 11.8 Å². The molecular weight excluding hydrogens is 633 g/mol. The Kier molecular flexibility index (Phi) is 10.6. The number of primary sulfonamides is 1. The first-order valence-corrected chi connectivity index (χ1v) is 16.8. The van der Waals surface area contributed by atoms with Gasteiger partial charge in [-0.1, -0.05) is 84.9 Å². The number of carbonyl (C=O) groups excluding carboxylic acids is 3. The largest absolute Gasteiger partial charge is 0.325 e. The summed E-state index contributed by atoms with van der Waals surface area (Å²) in [5.74, 6) is -1.29. The number of carbonyl (C=O) groups is 3. The minimum absolute atomic E-state index is 0.0538. The molecule has 0 spiro atoms. The lowest BCUT2D eigenvalue weighted by molar-refractivity contribution is -0.116. The third-order valence-electron chi connectivity index (χ3n) is 6.78. The van der Waals surface area contributed by atoms with E-state index in [1.807, 2.05) is 66.7 Å². The van der Waals surface area contributed by atoms with Crippen molar-refractivity contribution < 1.29 is 22.8 Å². The van der Waals surface area contributed by atoms with Crippen molar-refractivity contribution in [2.75, 3.05) is 10.6 Å². The monoisotopic (exact) mass is 662 g/mol. The fraction of sp³-hybridized carbons (Fsp3) is 0.0278. The van der Waals surface area contributed by atoms with E-state index in [2.05, 4.69) is 16.0 Å². The highest BCUT2D eigenvalue weighted by atomic mass is 32.2. The van der Waals surface area contributed by atoms with Crippen LogP contribution in [0.3, 0.4) is 0 Å². The van der Waals surface area contributed by atoms with Crippen LogP contribution >= 0.6 is 11.8 Å². The van der Waals surface area contributed by atoms with Crippen molar-refractivity contribution in [3.63, 3.8) is 0 Å². The van der Waals surface area contributed by atoms with Gasteiger partial charge in [0.2, 0.25) is 15.9 Å². The first-order chi connectivity index (χ1) is 22.7. The third-order valence-corrected chi connectivity index (χ3v) is 8.95.